The fraction of sp³-hybridized carbons (Fsp3) is 0.429. The van der Waals surface area contributed by atoms with Crippen LogP contribution in [0.5, 0.6) is 0 Å². The van der Waals surface area contributed by atoms with E-state index in [9.17, 15) is 16.8 Å². The molecule has 1 aromatic carbocycles. The van der Waals surface area contributed by atoms with Crippen LogP contribution < -0.4 is 4.72 Å². The zero-order valence-electron chi connectivity index (χ0n) is 12.5. The quantitative estimate of drug-likeness (QED) is 0.818. The summed E-state index contributed by atoms with van der Waals surface area (Å²) < 4.78 is 52.0. The first-order valence-corrected chi connectivity index (χ1v) is 10.5. The van der Waals surface area contributed by atoms with E-state index in [0.29, 0.717) is 13.0 Å². The van der Waals surface area contributed by atoms with Crippen molar-refractivity contribution in [2.24, 2.45) is 5.92 Å². The largest absolute Gasteiger partial charge is 0.244 e. The molecule has 1 unspecified atom stereocenters. The minimum atomic E-state index is -3.68. The Bertz CT molecular complexity index is 778. The summed E-state index contributed by atoms with van der Waals surface area (Å²) in [6.45, 7) is 4.07. The number of rotatable bonds is 6. The molecule has 6 nitrogen and oxygen atoms in total. The van der Waals surface area contributed by atoms with Gasteiger partial charge in [-0.1, -0.05) is 30.3 Å². The Kier molecular flexibility index (Phi) is 5.85. The summed E-state index contributed by atoms with van der Waals surface area (Å²) in [5, 5.41) is 1.02. The van der Waals surface area contributed by atoms with Crippen molar-refractivity contribution in [3.63, 3.8) is 0 Å². The second-order valence-corrected chi connectivity index (χ2v) is 9.39. The highest BCUT2D eigenvalue weighted by molar-refractivity contribution is 7.92. The fourth-order valence-electron chi connectivity index (χ4n) is 2.50. The van der Waals surface area contributed by atoms with Crippen LogP contribution in [0.25, 0.3) is 0 Å². The maximum Gasteiger partial charge on any atom is 0.244 e. The lowest BCUT2D eigenvalue weighted by molar-refractivity contribution is 0.267. The highest BCUT2D eigenvalue weighted by Gasteiger charge is 2.31. The van der Waals surface area contributed by atoms with Gasteiger partial charge in [-0.3, -0.25) is 0 Å². The predicted octanol–water partition coefficient (Wildman–Crippen LogP) is 1.80. The highest BCUT2D eigenvalue weighted by Crippen LogP contribution is 2.27. The summed E-state index contributed by atoms with van der Waals surface area (Å²) in [5.41, 5.74) is 0. The van der Waals surface area contributed by atoms with Gasteiger partial charge in [-0.05, 0) is 30.9 Å². The standard InChI is InChI=1S/C14H19ClN2O4S2/c1-2-22(18,19)16-10-12-6-5-9-17(11-12)23(20,21)14-8-4-3-7-13(14)15/h2-4,7-8,12,16H,1,5-6,9-11H2. The lowest BCUT2D eigenvalue weighted by Gasteiger charge is -2.32. The molecule has 1 aliphatic rings. The van der Waals surface area contributed by atoms with Crippen molar-refractivity contribution in [2.75, 3.05) is 19.6 Å². The smallest absolute Gasteiger partial charge is 0.211 e. The molecule has 0 aliphatic carbocycles. The summed E-state index contributed by atoms with van der Waals surface area (Å²) in [5.74, 6) is -0.0873. The van der Waals surface area contributed by atoms with Gasteiger partial charge in [-0.2, -0.15) is 4.31 Å². The number of sulfonamides is 2. The molecule has 128 valence electrons. The van der Waals surface area contributed by atoms with Crippen molar-refractivity contribution >= 4 is 31.6 Å². The van der Waals surface area contributed by atoms with Gasteiger partial charge in [-0.25, -0.2) is 21.6 Å². The van der Waals surface area contributed by atoms with Crippen molar-refractivity contribution in [1.82, 2.24) is 9.03 Å². The average molecular weight is 379 g/mol. The molecule has 9 heteroatoms. The minimum Gasteiger partial charge on any atom is -0.211 e. The molecule has 1 aliphatic heterocycles. The molecule has 0 amide bonds. The molecule has 1 saturated heterocycles. The Morgan fingerprint density at radius 1 is 1.30 bits per heavy atom. The third kappa shape index (κ3) is 4.54. The van der Waals surface area contributed by atoms with Crippen molar-refractivity contribution in [2.45, 2.75) is 17.7 Å². The first-order valence-electron chi connectivity index (χ1n) is 7.13. The van der Waals surface area contributed by atoms with Gasteiger partial charge in [0.2, 0.25) is 20.0 Å². The summed E-state index contributed by atoms with van der Waals surface area (Å²) >= 11 is 6.00. The summed E-state index contributed by atoms with van der Waals surface area (Å²) in [6, 6.07) is 6.30. The van der Waals surface area contributed by atoms with Gasteiger partial charge in [-0.15, -0.1) is 0 Å². The van der Waals surface area contributed by atoms with E-state index in [-0.39, 0.29) is 28.9 Å². The molecule has 0 aromatic heterocycles. The van der Waals surface area contributed by atoms with Crippen molar-refractivity contribution in [1.29, 1.82) is 0 Å². The van der Waals surface area contributed by atoms with Crippen LogP contribution in [-0.4, -0.2) is 40.8 Å². The van der Waals surface area contributed by atoms with E-state index in [0.717, 1.165) is 11.8 Å². The van der Waals surface area contributed by atoms with Crippen molar-refractivity contribution in [3.8, 4) is 0 Å². The van der Waals surface area contributed by atoms with Gasteiger partial charge < -0.3 is 0 Å². The van der Waals surface area contributed by atoms with Gasteiger partial charge in [0, 0.05) is 25.0 Å². The second-order valence-electron chi connectivity index (χ2n) is 5.36. The number of nitrogens with one attached hydrogen (secondary N) is 1. The topological polar surface area (TPSA) is 83.6 Å². The number of nitrogens with zero attached hydrogens (tertiary/aromatic N) is 1. The van der Waals surface area contributed by atoms with E-state index in [4.69, 9.17) is 11.6 Å². The molecule has 1 aromatic rings. The van der Waals surface area contributed by atoms with Crippen LogP contribution in [-0.2, 0) is 20.0 Å². The number of hydrogen-bond donors (Lipinski definition) is 1. The second kappa shape index (κ2) is 7.31. The molecule has 1 fully saturated rings. The highest BCUT2D eigenvalue weighted by atomic mass is 35.5. The monoisotopic (exact) mass is 378 g/mol. The van der Waals surface area contributed by atoms with E-state index >= 15 is 0 Å². The molecule has 0 spiro atoms. The van der Waals surface area contributed by atoms with E-state index < -0.39 is 20.0 Å². The SMILES string of the molecule is C=CS(=O)(=O)NCC1CCCN(S(=O)(=O)c2ccccc2Cl)C1. The maximum atomic E-state index is 12.7. The van der Waals surface area contributed by atoms with Gasteiger partial charge in [0.25, 0.3) is 0 Å². The van der Waals surface area contributed by atoms with Crippen molar-refractivity contribution in [3.05, 3.63) is 41.3 Å². The molecule has 1 N–H and O–H groups in total. The maximum absolute atomic E-state index is 12.7. The predicted molar refractivity (Wildman–Crippen MR) is 90.1 cm³/mol. The van der Waals surface area contributed by atoms with Crippen LogP contribution in [0.3, 0.4) is 0 Å². The zero-order valence-corrected chi connectivity index (χ0v) is 14.9. The summed E-state index contributed by atoms with van der Waals surface area (Å²) in [4.78, 5) is 0.0778. The molecule has 0 saturated carbocycles. The third-order valence-electron chi connectivity index (χ3n) is 3.73. The lowest BCUT2D eigenvalue weighted by atomic mass is 10.0. The molecular formula is C14H19ClN2O4S2. The number of hydrogen-bond acceptors (Lipinski definition) is 4. The van der Waals surface area contributed by atoms with Crippen LogP contribution >= 0.6 is 11.6 Å². The van der Waals surface area contributed by atoms with E-state index in [1.807, 2.05) is 0 Å². The third-order valence-corrected chi connectivity index (χ3v) is 7.10. The number of benzene rings is 1. The minimum absolute atomic E-state index is 0.0778. The molecule has 1 atom stereocenters. The number of halogens is 1. The Balaban J connectivity index is 2.12. The molecule has 1 heterocycles. The molecule has 23 heavy (non-hydrogen) atoms. The van der Waals surface area contributed by atoms with Gasteiger partial charge in [0.15, 0.2) is 0 Å². The van der Waals surface area contributed by atoms with Crippen LogP contribution in [0, 0.1) is 5.92 Å². The average Bonchev–Trinajstić information content (AvgIpc) is 2.53. The van der Waals surface area contributed by atoms with Gasteiger partial charge in [0.1, 0.15) is 4.90 Å². The van der Waals surface area contributed by atoms with E-state index in [1.165, 1.54) is 16.4 Å². The van der Waals surface area contributed by atoms with Crippen molar-refractivity contribution < 1.29 is 16.8 Å². The lowest BCUT2D eigenvalue weighted by Crippen LogP contribution is -2.43. The molecule has 0 radical (unpaired) electrons. The Labute approximate surface area is 142 Å². The Morgan fingerprint density at radius 3 is 2.65 bits per heavy atom. The normalized spacial score (nSPS) is 20.3. The molecule has 0 bridgehead atoms. The first kappa shape index (κ1) is 18.4. The van der Waals surface area contributed by atoms with Crippen LogP contribution in [0.1, 0.15) is 12.8 Å². The summed E-state index contributed by atoms with van der Waals surface area (Å²) in [7, 11) is -7.19. The van der Waals surface area contributed by atoms with Crippen LogP contribution in [0.4, 0.5) is 0 Å². The molecular weight excluding hydrogens is 360 g/mol. The summed E-state index contributed by atoms with van der Waals surface area (Å²) in [6.07, 6.45) is 1.43. The van der Waals surface area contributed by atoms with E-state index in [2.05, 4.69) is 11.3 Å². The molecule has 2 rings (SSSR count). The fourth-order valence-corrected chi connectivity index (χ4v) is 5.13. The Hall–Kier alpha value is -0.930. The van der Waals surface area contributed by atoms with Gasteiger partial charge >= 0.3 is 0 Å². The first-order chi connectivity index (χ1) is 10.8. The Morgan fingerprint density at radius 2 is 2.00 bits per heavy atom. The van der Waals surface area contributed by atoms with E-state index in [1.54, 1.807) is 12.1 Å². The zero-order chi connectivity index (χ0) is 17.1. The van der Waals surface area contributed by atoms with Crippen LogP contribution in [0.2, 0.25) is 5.02 Å². The van der Waals surface area contributed by atoms with Crippen LogP contribution in [0.15, 0.2) is 41.1 Å². The van der Waals surface area contributed by atoms with Gasteiger partial charge in [0.05, 0.1) is 5.02 Å². The number of piperidine rings is 1.